The summed E-state index contributed by atoms with van der Waals surface area (Å²) in [4.78, 5) is 21.2. The van der Waals surface area contributed by atoms with E-state index in [9.17, 15) is 9.59 Å². The number of Topliss-reactive ketones (excluding diaryl/α,β-unsaturated/α-hetero) is 2. The molecule has 0 aliphatic carbocycles. The van der Waals surface area contributed by atoms with Crippen LogP contribution in [-0.2, 0) is 9.59 Å². The Balaban J connectivity index is 3.00. The first-order valence-corrected chi connectivity index (χ1v) is 8.86. The van der Waals surface area contributed by atoms with Crippen LogP contribution in [0.25, 0.3) is 0 Å². The molecule has 0 fully saturated rings. The van der Waals surface area contributed by atoms with Crippen molar-refractivity contribution in [3.05, 3.63) is 0 Å². The van der Waals surface area contributed by atoms with Crippen LogP contribution < -0.4 is 0 Å². The molecule has 13 heavy (non-hydrogen) atoms. The topological polar surface area (TPSA) is 34.1 Å². The van der Waals surface area contributed by atoms with Gasteiger partial charge in [0.1, 0.15) is 0 Å². The molecule has 3 heteroatoms. The molecule has 0 aromatic carbocycles. The van der Waals surface area contributed by atoms with E-state index in [4.69, 9.17) is 0 Å². The van der Waals surface area contributed by atoms with E-state index < -0.39 is 0 Å². The summed E-state index contributed by atoms with van der Waals surface area (Å²) in [7, 11) is 0. The van der Waals surface area contributed by atoms with E-state index in [1.54, 1.807) is 13.8 Å². The van der Waals surface area contributed by atoms with E-state index >= 15 is 0 Å². The Morgan fingerprint density at radius 3 is 1.62 bits per heavy atom. The van der Waals surface area contributed by atoms with E-state index in [0.717, 1.165) is 25.7 Å². The minimum absolute atomic E-state index is 0.233. The summed E-state index contributed by atoms with van der Waals surface area (Å²) in [5, 5.41) is 0. The molecule has 0 atom stereocenters. The van der Waals surface area contributed by atoms with Crippen LogP contribution in [0.1, 0.15) is 39.5 Å². The zero-order chi connectivity index (χ0) is 10.1. The van der Waals surface area contributed by atoms with Crippen LogP contribution in [0.2, 0.25) is 8.87 Å². The van der Waals surface area contributed by atoms with Gasteiger partial charge in [0, 0.05) is 0 Å². The Hall–Kier alpha value is 0.139. The fourth-order valence-corrected chi connectivity index (χ4v) is 4.20. The second kappa shape index (κ2) is 8.72. The van der Waals surface area contributed by atoms with Crippen molar-refractivity contribution >= 4 is 32.7 Å². The van der Waals surface area contributed by atoms with Gasteiger partial charge < -0.3 is 0 Å². The third kappa shape index (κ3) is 12.1. The SMILES string of the molecule is CC(=O)CC[CH2][Sn][CH2]CCC(C)=O. The molecule has 0 aromatic rings. The molecule has 0 bridgehead atoms. The summed E-state index contributed by atoms with van der Waals surface area (Å²) in [6, 6.07) is 0. The Morgan fingerprint density at radius 2 is 1.31 bits per heavy atom. The Labute approximate surface area is 90.7 Å². The maximum absolute atomic E-state index is 10.6. The summed E-state index contributed by atoms with van der Waals surface area (Å²) in [5.74, 6) is 0.617. The first kappa shape index (κ1) is 13.1. The molecule has 0 rings (SSSR count). The van der Waals surface area contributed by atoms with Crippen LogP contribution in [0.5, 0.6) is 0 Å². The molecular formula is C10H18O2Sn. The number of ketones is 2. The molecule has 0 heterocycles. The molecule has 2 nitrogen and oxygen atoms in total. The number of hydrogen-bond acceptors (Lipinski definition) is 2. The normalized spacial score (nSPS) is 10.0. The predicted molar refractivity (Wildman–Crippen MR) is 55.2 cm³/mol. The zero-order valence-electron chi connectivity index (χ0n) is 8.56. The van der Waals surface area contributed by atoms with Gasteiger partial charge in [0.05, 0.1) is 0 Å². The van der Waals surface area contributed by atoms with E-state index in [1.807, 2.05) is 0 Å². The van der Waals surface area contributed by atoms with E-state index in [-0.39, 0.29) is 21.1 Å². The van der Waals surface area contributed by atoms with Crippen LogP contribution in [0.4, 0.5) is 0 Å². The molecule has 0 unspecified atom stereocenters. The van der Waals surface area contributed by atoms with Gasteiger partial charge in [0.15, 0.2) is 0 Å². The van der Waals surface area contributed by atoms with Gasteiger partial charge in [-0.3, -0.25) is 0 Å². The van der Waals surface area contributed by atoms with E-state index in [1.165, 1.54) is 8.87 Å². The third-order valence-corrected chi connectivity index (χ3v) is 5.80. The van der Waals surface area contributed by atoms with Gasteiger partial charge in [0.2, 0.25) is 0 Å². The standard InChI is InChI=1S/2C5H9O.Sn/c2*1-3-4-5(2)6;/h2*1,3-4H2,2H3;. The average Bonchev–Trinajstić information content (AvgIpc) is 2.01. The third-order valence-electron chi connectivity index (χ3n) is 1.76. The van der Waals surface area contributed by atoms with Gasteiger partial charge in [-0.25, -0.2) is 0 Å². The molecule has 0 spiro atoms. The van der Waals surface area contributed by atoms with Crippen molar-refractivity contribution in [3.8, 4) is 0 Å². The molecule has 0 aliphatic heterocycles. The number of hydrogen-bond donors (Lipinski definition) is 0. The van der Waals surface area contributed by atoms with Crippen molar-refractivity contribution in [1.29, 1.82) is 0 Å². The summed E-state index contributed by atoms with van der Waals surface area (Å²) in [6.07, 6.45) is 3.68. The predicted octanol–water partition coefficient (Wildman–Crippen LogP) is 2.27. The molecule has 0 saturated heterocycles. The number of rotatable bonds is 8. The Morgan fingerprint density at radius 1 is 0.923 bits per heavy atom. The van der Waals surface area contributed by atoms with Gasteiger partial charge in [-0.2, -0.15) is 0 Å². The molecule has 0 aliphatic rings. The molecule has 0 saturated carbocycles. The quantitative estimate of drug-likeness (QED) is 0.507. The molecular weight excluding hydrogens is 271 g/mol. The molecule has 0 N–H and O–H groups in total. The van der Waals surface area contributed by atoms with Crippen LogP contribution in [0.3, 0.4) is 0 Å². The van der Waals surface area contributed by atoms with Crippen molar-refractivity contribution in [1.82, 2.24) is 0 Å². The van der Waals surface area contributed by atoms with E-state index in [0.29, 0.717) is 11.6 Å². The summed E-state index contributed by atoms with van der Waals surface area (Å²) >= 11 is -0.233. The van der Waals surface area contributed by atoms with Gasteiger partial charge >= 0.3 is 90.7 Å². The molecule has 0 aromatic heterocycles. The summed E-state index contributed by atoms with van der Waals surface area (Å²) in [6.45, 7) is 3.31. The van der Waals surface area contributed by atoms with Gasteiger partial charge in [-0.1, -0.05) is 0 Å². The first-order valence-electron chi connectivity index (χ1n) is 4.82. The first-order chi connectivity index (χ1) is 6.13. The molecule has 74 valence electrons. The average molecular weight is 289 g/mol. The second-order valence-corrected chi connectivity index (χ2v) is 7.64. The fourth-order valence-electron chi connectivity index (χ4n) is 1.05. The Bertz CT molecular complexity index is 148. The van der Waals surface area contributed by atoms with Gasteiger partial charge in [-0.05, 0) is 0 Å². The van der Waals surface area contributed by atoms with Crippen LogP contribution in [0, 0.1) is 0 Å². The maximum atomic E-state index is 10.6. The van der Waals surface area contributed by atoms with Gasteiger partial charge in [0.25, 0.3) is 0 Å². The minimum atomic E-state index is -0.233. The number of carbonyl (C=O) groups is 2. The van der Waals surface area contributed by atoms with Crippen molar-refractivity contribution in [2.24, 2.45) is 0 Å². The fraction of sp³-hybridized carbons (Fsp3) is 0.800. The molecule has 0 amide bonds. The van der Waals surface area contributed by atoms with Crippen LogP contribution in [-0.4, -0.2) is 32.7 Å². The van der Waals surface area contributed by atoms with Crippen molar-refractivity contribution in [2.45, 2.75) is 48.4 Å². The monoisotopic (exact) mass is 290 g/mol. The van der Waals surface area contributed by atoms with Gasteiger partial charge in [-0.15, -0.1) is 0 Å². The van der Waals surface area contributed by atoms with E-state index in [2.05, 4.69) is 0 Å². The zero-order valence-corrected chi connectivity index (χ0v) is 11.4. The second-order valence-electron chi connectivity index (χ2n) is 3.36. The Kier molecular flexibility index (Phi) is 8.82. The summed E-state index contributed by atoms with van der Waals surface area (Å²) in [5.41, 5.74) is 0. The summed E-state index contributed by atoms with van der Waals surface area (Å²) < 4.78 is 2.59. The van der Waals surface area contributed by atoms with Crippen molar-refractivity contribution in [2.75, 3.05) is 0 Å². The van der Waals surface area contributed by atoms with Crippen molar-refractivity contribution in [3.63, 3.8) is 0 Å². The van der Waals surface area contributed by atoms with Crippen LogP contribution >= 0.6 is 0 Å². The number of carbonyl (C=O) groups excluding carboxylic acids is 2. The van der Waals surface area contributed by atoms with Crippen molar-refractivity contribution < 1.29 is 9.59 Å². The molecule has 2 radical (unpaired) electrons. The van der Waals surface area contributed by atoms with Crippen LogP contribution in [0.15, 0.2) is 0 Å².